The molecule has 0 aliphatic carbocycles. The summed E-state index contributed by atoms with van der Waals surface area (Å²) in [6, 6.07) is 22.6. The summed E-state index contributed by atoms with van der Waals surface area (Å²) in [7, 11) is 0. The molecule has 154 valence electrons. The van der Waals surface area contributed by atoms with Gasteiger partial charge in [-0.05, 0) is 61.4 Å². The average Bonchev–Trinajstić information content (AvgIpc) is 2.73. The Morgan fingerprint density at radius 2 is 1.60 bits per heavy atom. The lowest BCUT2D eigenvalue weighted by Crippen LogP contribution is -2.32. The number of benzene rings is 3. The Bertz CT molecular complexity index is 1000. The predicted molar refractivity (Wildman–Crippen MR) is 117 cm³/mol. The van der Waals surface area contributed by atoms with Crippen LogP contribution in [0.4, 0.5) is 10.1 Å². The zero-order chi connectivity index (χ0) is 21.5. The molecule has 1 N–H and O–H groups in total. The third-order valence-corrected chi connectivity index (χ3v) is 4.56. The summed E-state index contributed by atoms with van der Waals surface area (Å²) in [5.41, 5.74) is 2.87. The van der Waals surface area contributed by atoms with Crippen molar-refractivity contribution >= 4 is 17.5 Å². The fourth-order valence-corrected chi connectivity index (χ4v) is 3.18. The minimum absolute atomic E-state index is 0.0651. The highest BCUT2D eigenvalue weighted by molar-refractivity contribution is 6.06. The topological polar surface area (TPSA) is 49.4 Å². The summed E-state index contributed by atoms with van der Waals surface area (Å²) in [5, 5.41) is 2.88. The van der Waals surface area contributed by atoms with Gasteiger partial charge in [0, 0.05) is 17.3 Å². The number of amides is 2. The molecule has 2 amide bonds. The molecule has 0 bridgehead atoms. The van der Waals surface area contributed by atoms with Gasteiger partial charge in [0.15, 0.2) is 0 Å². The van der Waals surface area contributed by atoms with Crippen molar-refractivity contribution in [2.45, 2.75) is 32.9 Å². The Morgan fingerprint density at radius 1 is 0.900 bits per heavy atom. The molecule has 0 aromatic heterocycles. The van der Waals surface area contributed by atoms with Crippen LogP contribution >= 0.6 is 0 Å². The van der Waals surface area contributed by atoms with Crippen molar-refractivity contribution in [1.82, 2.24) is 5.32 Å². The van der Waals surface area contributed by atoms with Crippen LogP contribution in [-0.2, 0) is 17.8 Å². The molecule has 0 spiro atoms. The number of carbonyl (C=O) groups is 2. The van der Waals surface area contributed by atoms with Gasteiger partial charge in [-0.25, -0.2) is 4.39 Å². The molecule has 0 heterocycles. The van der Waals surface area contributed by atoms with Crippen LogP contribution in [0.15, 0.2) is 78.9 Å². The van der Waals surface area contributed by atoms with E-state index in [0.717, 1.165) is 11.1 Å². The summed E-state index contributed by atoms with van der Waals surface area (Å²) in [6.45, 7) is 4.12. The van der Waals surface area contributed by atoms with Crippen molar-refractivity contribution < 1.29 is 14.0 Å². The highest BCUT2D eigenvalue weighted by Gasteiger charge is 2.19. The van der Waals surface area contributed by atoms with Crippen molar-refractivity contribution in [2.75, 3.05) is 4.90 Å². The van der Waals surface area contributed by atoms with Gasteiger partial charge in [0.2, 0.25) is 5.91 Å². The van der Waals surface area contributed by atoms with Crippen LogP contribution in [0.2, 0.25) is 0 Å². The van der Waals surface area contributed by atoms with Crippen molar-refractivity contribution in [2.24, 2.45) is 0 Å². The quantitative estimate of drug-likeness (QED) is 0.618. The van der Waals surface area contributed by atoms with E-state index in [0.29, 0.717) is 11.3 Å². The van der Waals surface area contributed by atoms with E-state index < -0.39 is 0 Å². The molecular formula is C25H25FN2O2. The highest BCUT2D eigenvalue weighted by atomic mass is 19.1. The van der Waals surface area contributed by atoms with E-state index in [1.807, 2.05) is 56.3 Å². The third-order valence-electron chi connectivity index (χ3n) is 4.56. The smallest absolute Gasteiger partial charge is 0.258 e. The van der Waals surface area contributed by atoms with Gasteiger partial charge in [-0.2, -0.15) is 0 Å². The maximum absolute atomic E-state index is 13.3. The fraction of sp³-hybridized carbons (Fsp3) is 0.200. The predicted octanol–water partition coefficient (Wildman–Crippen LogP) is 4.74. The molecule has 0 aliphatic heterocycles. The van der Waals surface area contributed by atoms with Gasteiger partial charge in [-0.1, -0.05) is 42.5 Å². The first kappa shape index (κ1) is 21.2. The molecule has 3 aromatic carbocycles. The molecule has 3 rings (SSSR count). The number of nitrogens with one attached hydrogen (secondary N) is 1. The Morgan fingerprint density at radius 3 is 2.27 bits per heavy atom. The van der Waals surface area contributed by atoms with Crippen LogP contribution < -0.4 is 10.2 Å². The van der Waals surface area contributed by atoms with Gasteiger partial charge in [-0.3, -0.25) is 9.59 Å². The first-order valence-corrected chi connectivity index (χ1v) is 9.92. The molecule has 30 heavy (non-hydrogen) atoms. The van der Waals surface area contributed by atoms with Crippen LogP contribution in [0.5, 0.6) is 0 Å². The standard InChI is InChI=1S/C25H25FN2O2/c1-18(2)27-24(29)16-20-7-6-10-23(15-20)28(17-19-11-13-22(26)14-12-19)25(30)21-8-4-3-5-9-21/h3-15,18H,16-17H2,1-2H3,(H,27,29). The highest BCUT2D eigenvalue weighted by Crippen LogP contribution is 2.22. The summed E-state index contributed by atoms with van der Waals surface area (Å²) in [5.74, 6) is -0.553. The normalized spacial score (nSPS) is 10.7. The zero-order valence-corrected chi connectivity index (χ0v) is 17.1. The van der Waals surface area contributed by atoms with Crippen LogP contribution in [0.3, 0.4) is 0 Å². The number of hydrogen-bond acceptors (Lipinski definition) is 2. The Hall–Kier alpha value is -3.47. The lowest BCUT2D eigenvalue weighted by atomic mass is 10.1. The lowest BCUT2D eigenvalue weighted by Gasteiger charge is -2.24. The van der Waals surface area contributed by atoms with Crippen molar-refractivity contribution in [1.29, 1.82) is 0 Å². The van der Waals surface area contributed by atoms with Gasteiger partial charge in [0.05, 0.1) is 13.0 Å². The SMILES string of the molecule is CC(C)NC(=O)Cc1cccc(N(Cc2ccc(F)cc2)C(=O)c2ccccc2)c1. The molecular weight excluding hydrogens is 379 g/mol. The molecule has 5 heteroatoms. The Balaban J connectivity index is 1.91. The molecule has 0 radical (unpaired) electrons. The number of rotatable bonds is 7. The van der Waals surface area contributed by atoms with Gasteiger partial charge >= 0.3 is 0 Å². The second-order valence-corrected chi connectivity index (χ2v) is 7.45. The summed E-state index contributed by atoms with van der Waals surface area (Å²) in [6.07, 6.45) is 0.232. The van der Waals surface area contributed by atoms with Crippen LogP contribution in [0.25, 0.3) is 0 Å². The number of carbonyl (C=O) groups excluding carboxylic acids is 2. The van der Waals surface area contributed by atoms with Crippen LogP contribution in [0.1, 0.15) is 35.3 Å². The third kappa shape index (κ3) is 5.77. The first-order valence-electron chi connectivity index (χ1n) is 9.92. The molecule has 0 unspecified atom stereocenters. The van der Waals surface area contributed by atoms with E-state index in [1.54, 1.807) is 29.2 Å². The number of halogens is 1. The minimum Gasteiger partial charge on any atom is -0.354 e. The number of anilines is 1. The second-order valence-electron chi connectivity index (χ2n) is 7.45. The molecule has 4 nitrogen and oxygen atoms in total. The van der Waals surface area contributed by atoms with E-state index in [1.165, 1.54) is 12.1 Å². The zero-order valence-electron chi connectivity index (χ0n) is 17.1. The maximum Gasteiger partial charge on any atom is 0.258 e. The monoisotopic (exact) mass is 404 g/mol. The summed E-state index contributed by atoms with van der Waals surface area (Å²) >= 11 is 0. The lowest BCUT2D eigenvalue weighted by molar-refractivity contribution is -0.120. The molecule has 0 fully saturated rings. The van der Waals surface area contributed by atoms with Crippen LogP contribution in [-0.4, -0.2) is 17.9 Å². The largest absolute Gasteiger partial charge is 0.354 e. The second kappa shape index (κ2) is 9.83. The summed E-state index contributed by atoms with van der Waals surface area (Å²) < 4.78 is 13.3. The van der Waals surface area contributed by atoms with E-state index >= 15 is 0 Å². The van der Waals surface area contributed by atoms with Crippen molar-refractivity contribution in [3.8, 4) is 0 Å². The molecule has 0 saturated heterocycles. The van der Waals surface area contributed by atoms with Crippen molar-refractivity contribution in [3.05, 3.63) is 101 Å². The van der Waals surface area contributed by atoms with Gasteiger partial charge in [0.1, 0.15) is 5.82 Å². The van der Waals surface area contributed by atoms with E-state index in [9.17, 15) is 14.0 Å². The molecule has 3 aromatic rings. The number of nitrogens with zero attached hydrogens (tertiary/aromatic N) is 1. The Kier molecular flexibility index (Phi) is 6.96. The molecule has 0 atom stereocenters. The van der Waals surface area contributed by atoms with E-state index in [-0.39, 0.29) is 36.6 Å². The average molecular weight is 404 g/mol. The number of hydrogen-bond donors (Lipinski definition) is 1. The van der Waals surface area contributed by atoms with Crippen molar-refractivity contribution in [3.63, 3.8) is 0 Å². The maximum atomic E-state index is 13.3. The van der Waals surface area contributed by atoms with Gasteiger partial charge in [-0.15, -0.1) is 0 Å². The van der Waals surface area contributed by atoms with E-state index in [4.69, 9.17) is 0 Å². The fourth-order valence-electron chi connectivity index (χ4n) is 3.18. The molecule has 0 aliphatic rings. The van der Waals surface area contributed by atoms with Gasteiger partial charge < -0.3 is 10.2 Å². The molecule has 0 saturated carbocycles. The first-order chi connectivity index (χ1) is 14.4. The Labute approximate surface area is 176 Å². The van der Waals surface area contributed by atoms with Gasteiger partial charge in [0.25, 0.3) is 5.91 Å². The van der Waals surface area contributed by atoms with Crippen LogP contribution in [0, 0.1) is 5.82 Å². The minimum atomic E-state index is -0.321. The van der Waals surface area contributed by atoms with E-state index in [2.05, 4.69) is 5.32 Å². The summed E-state index contributed by atoms with van der Waals surface area (Å²) in [4.78, 5) is 27.1.